The SMILES string of the molecule is COSc1ccc2c(=O)cc(-n3cnc4ccccc43)oc2c1. The largest absolute Gasteiger partial charge is 0.439 e. The van der Waals surface area contributed by atoms with Gasteiger partial charge in [0.05, 0.1) is 23.5 Å². The summed E-state index contributed by atoms with van der Waals surface area (Å²) in [5.41, 5.74) is 2.16. The fourth-order valence-electron chi connectivity index (χ4n) is 2.52. The second-order valence-electron chi connectivity index (χ2n) is 4.96. The van der Waals surface area contributed by atoms with E-state index in [1.807, 2.05) is 30.3 Å². The summed E-state index contributed by atoms with van der Waals surface area (Å²) in [5, 5.41) is 0.540. The van der Waals surface area contributed by atoms with E-state index in [1.165, 1.54) is 18.1 Å². The van der Waals surface area contributed by atoms with Crippen LogP contribution in [0, 0.1) is 0 Å². The van der Waals surface area contributed by atoms with Crippen LogP contribution in [0.4, 0.5) is 0 Å². The van der Waals surface area contributed by atoms with Crippen molar-refractivity contribution >= 4 is 34.0 Å². The van der Waals surface area contributed by atoms with Crippen LogP contribution in [0.1, 0.15) is 0 Å². The Morgan fingerprint density at radius 1 is 1.17 bits per heavy atom. The van der Waals surface area contributed by atoms with Gasteiger partial charge < -0.3 is 8.60 Å². The number of imidazole rings is 1. The molecule has 23 heavy (non-hydrogen) atoms. The van der Waals surface area contributed by atoms with Crippen LogP contribution in [-0.2, 0) is 4.18 Å². The molecule has 2 heterocycles. The number of aromatic nitrogens is 2. The number of benzene rings is 2. The van der Waals surface area contributed by atoms with E-state index >= 15 is 0 Å². The third kappa shape index (κ3) is 2.42. The molecule has 0 aliphatic heterocycles. The molecule has 2 aromatic carbocycles. The van der Waals surface area contributed by atoms with Crippen LogP contribution in [0.2, 0.25) is 0 Å². The molecule has 0 saturated heterocycles. The van der Waals surface area contributed by atoms with E-state index in [2.05, 4.69) is 4.98 Å². The molecule has 0 bridgehead atoms. The number of hydrogen-bond donors (Lipinski definition) is 0. The molecule has 2 aromatic heterocycles. The zero-order valence-corrected chi connectivity index (χ0v) is 13.0. The van der Waals surface area contributed by atoms with Crippen molar-refractivity contribution in [2.45, 2.75) is 4.90 Å². The van der Waals surface area contributed by atoms with Crippen LogP contribution in [0.3, 0.4) is 0 Å². The Morgan fingerprint density at radius 3 is 2.91 bits per heavy atom. The molecule has 114 valence electrons. The molecule has 0 spiro atoms. The molecule has 0 amide bonds. The van der Waals surface area contributed by atoms with Crippen LogP contribution in [-0.4, -0.2) is 16.7 Å². The Labute approximate surface area is 135 Å². The van der Waals surface area contributed by atoms with Gasteiger partial charge in [-0.15, -0.1) is 0 Å². The molecular formula is C17H12N2O3S. The minimum Gasteiger partial charge on any atom is -0.439 e. The van der Waals surface area contributed by atoms with Gasteiger partial charge in [0, 0.05) is 23.0 Å². The highest BCUT2D eigenvalue weighted by Crippen LogP contribution is 2.25. The molecule has 4 aromatic rings. The van der Waals surface area contributed by atoms with Crippen molar-refractivity contribution in [1.29, 1.82) is 0 Å². The van der Waals surface area contributed by atoms with Crippen LogP contribution in [0.5, 0.6) is 0 Å². The van der Waals surface area contributed by atoms with Gasteiger partial charge in [-0.25, -0.2) is 4.98 Å². The van der Waals surface area contributed by atoms with Crippen LogP contribution >= 0.6 is 12.0 Å². The Kier molecular flexibility index (Phi) is 3.40. The molecule has 0 aliphatic rings. The van der Waals surface area contributed by atoms with E-state index in [4.69, 9.17) is 8.60 Å². The summed E-state index contributed by atoms with van der Waals surface area (Å²) in [6.45, 7) is 0. The Morgan fingerprint density at radius 2 is 2.04 bits per heavy atom. The van der Waals surface area contributed by atoms with E-state index in [-0.39, 0.29) is 5.43 Å². The minimum atomic E-state index is -0.0898. The minimum absolute atomic E-state index is 0.0898. The second kappa shape index (κ2) is 5.57. The molecule has 0 saturated carbocycles. The smallest absolute Gasteiger partial charge is 0.209 e. The number of fused-ring (bicyclic) bond motifs is 2. The predicted molar refractivity (Wildman–Crippen MR) is 90.0 cm³/mol. The lowest BCUT2D eigenvalue weighted by Crippen LogP contribution is -2.04. The highest BCUT2D eigenvalue weighted by molar-refractivity contribution is 7.94. The van der Waals surface area contributed by atoms with Crippen molar-refractivity contribution in [3.8, 4) is 5.88 Å². The second-order valence-corrected chi connectivity index (χ2v) is 5.93. The van der Waals surface area contributed by atoms with Gasteiger partial charge in [-0.2, -0.15) is 0 Å². The number of nitrogens with zero attached hydrogens (tertiary/aromatic N) is 2. The number of para-hydroxylation sites is 2. The van der Waals surface area contributed by atoms with E-state index in [0.717, 1.165) is 15.9 Å². The molecule has 0 N–H and O–H groups in total. The van der Waals surface area contributed by atoms with Crippen molar-refractivity contribution in [3.63, 3.8) is 0 Å². The van der Waals surface area contributed by atoms with E-state index in [0.29, 0.717) is 16.9 Å². The number of rotatable bonds is 3. The maximum Gasteiger partial charge on any atom is 0.209 e. The van der Waals surface area contributed by atoms with Crippen LogP contribution in [0.15, 0.2) is 69.0 Å². The molecule has 4 rings (SSSR count). The van der Waals surface area contributed by atoms with E-state index in [9.17, 15) is 4.79 Å². The predicted octanol–water partition coefficient (Wildman–Crippen LogP) is 3.79. The first-order valence-corrected chi connectivity index (χ1v) is 7.71. The van der Waals surface area contributed by atoms with Crippen molar-refractivity contribution in [1.82, 2.24) is 9.55 Å². The Hall–Kier alpha value is -2.57. The molecule has 6 heteroatoms. The summed E-state index contributed by atoms with van der Waals surface area (Å²) >= 11 is 1.22. The van der Waals surface area contributed by atoms with Crippen molar-refractivity contribution in [3.05, 3.63) is 65.1 Å². The summed E-state index contributed by atoms with van der Waals surface area (Å²) in [6.07, 6.45) is 1.66. The number of hydrogen-bond acceptors (Lipinski definition) is 5. The van der Waals surface area contributed by atoms with Gasteiger partial charge >= 0.3 is 0 Å². The zero-order chi connectivity index (χ0) is 15.8. The lowest BCUT2D eigenvalue weighted by atomic mass is 10.2. The first kappa shape index (κ1) is 14.0. The molecule has 0 fully saturated rings. The zero-order valence-electron chi connectivity index (χ0n) is 12.2. The third-order valence-corrected chi connectivity index (χ3v) is 4.17. The van der Waals surface area contributed by atoms with Crippen LogP contribution < -0.4 is 5.43 Å². The lowest BCUT2D eigenvalue weighted by molar-refractivity contribution is 0.489. The van der Waals surface area contributed by atoms with Gasteiger partial charge in [0.2, 0.25) is 5.88 Å². The Balaban J connectivity index is 1.95. The monoisotopic (exact) mass is 324 g/mol. The van der Waals surface area contributed by atoms with Crippen molar-refractivity contribution in [2.75, 3.05) is 7.11 Å². The van der Waals surface area contributed by atoms with E-state index in [1.54, 1.807) is 30.1 Å². The summed E-state index contributed by atoms with van der Waals surface area (Å²) in [5.74, 6) is 0.441. The topological polar surface area (TPSA) is 57.3 Å². The quantitative estimate of drug-likeness (QED) is 0.537. The van der Waals surface area contributed by atoms with Gasteiger partial charge in [0.25, 0.3) is 0 Å². The van der Waals surface area contributed by atoms with E-state index < -0.39 is 0 Å². The first-order valence-electron chi connectivity index (χ1n) is 6.97. The standard InChI is InChI=1S/C17H12N2O3S/c1-21-23-11-6-7-12-15(20)9-17(22-16(12)8-11)19-10-18-13-4-2-3-5-14(13)19/h2-10H,1H3. The normalized spacial score (nSPS) is 11.3. The van der Waals surface area contributed by atoms with Crippen LogP contribution in [0.25, 0.3) is 27.9 Å². The summed E-state index contributed by atoms with van der Waals surface area (Å²) < 4.78 is 12.8. The molecule has 0 aliphatic carbocycles. The van der Waals surface area contributed by atoms with Gasteiger partial charge in [0.15, 0.2) is 5.43 Å². The first-order chi connectivity index (χ1) is 11.3. The van der Waals surface area contributed by atoms with Crippen molar-refractivity contribution in [2.24, 2.45) is 0 Å². The fraction of sp³-hybridized carbons (Fsp3) is 0.0588. The van der Waals surface area contributed by atoms with Gasteiger partial charge in [0.1, 0.15) is 11.9 Å². The molecule has 0 atom stereocenters. The summed E-state index contributed by atoms with van der Waals surface area (Å²) in [6, 6.07) is 14.6. The maximum atomic E-state index is 12.4. The van der Waals surface area contributed by atoms with Gasteiger partial charge in [-0.1, -0.05) is 12.1 Å². The highest BCUT2D eigenvalue weighted by atomic mass is 32.2. The maximum absolute atomic E-state index is 12.4. The van der Waals surface area contributed by atoms with Crippen molar-refractivity contribution < 1.29 is 8.60 Å². The third-order valence-electron chi connectivity index (χ3n) is 3.56. The molecular weight excluding hydrogens is 312 g/mol. The fourth-order valence-corrected chi connectivity index (χ4v) is 3.00. The molecule has 0 radical (unpaired) electrons. The summed E-state index contributed by atoms with van der Waals surface area (Å²) in [7, 11) is 1.60. The summed E-state index contributed by atoms with van der Waals surface area (Å²) in [4.78, 5) is 17.6. The highest BCUT2D eigenvalue weighted by Gasteiger charge is 2.10. The Bertz CT molecular complexity index is 1070. The lowest BCUT2D eigenvalue weighted by Gasteiger charge is -2.06. The average molecular weight is 324 g/mol. The average Bonchev–Trinajstić information content (AvgIpc) is 2.99. The van der Waals surface area contributed by atoms with Gasteiger partial charge in [-0.05, 0) is 30.3 Å². The molecule has 5 nitrogen and oxygen atoms in total. The van der Waals surface area contributed by atoms with Gasteiger partial charge in [-0.3, -0.25) is 9.36 Å². The molecule has 0 unspecified atom stereocenters.